The maximum atomic E-state index is 11.5. The average molecular weight is 213 g/mol. The predicted molar refractivity (Wildman–Crippen MR) is 56.4 cm³/mol. The number of amides is 1. The van der Waals surface area contributed by atoms with Gasteiger partial charge in [-0.3, -0.25) is 4.79 Å². The summed E-state index contributed by atoms with van der Waals surface area (Å²) in [5.41, 5.74) is -0.998. The van der Waals surface area contributed by atoms with Crippen LogP contribution < -0.4 is 0 Å². The van der Waals surface area contributed by atoms with E-state index in [0.717, 1.165) is 19.3 Å². The smallest absolute Gasteiger partial charge is 0.329 e. The molecule has 1 rings (SSSR count). The van der Waals surface area contributed by atoms with Crippen LogP contribution in [0.1, 0.15) is 40.0 Å². The van der Waals surface area contributed by atoms with E-state index in [4.69, 9.17) is 0 Å². The number of carbonyl (C=O) groups is 2. The Hall–Kier alpha value is -1.06. The highest BCUT2D eigenvalue weighted by Gasteiger charge is 2.52. The zero-order valence-corrected chi connectivity index (χ0v) is 9.62. The highest BCUT2D eigenvalue weighted by atomic mass is 16.4. The summed E-state index contributed by atoms with van der Waals surface area (Å²) >= 11 is 0. The molecule has 1 amide bonds. The summed E-state index contributed by atoms with van der Waals surface area (Å²) < 4.78 is 0. The van der Waals surface area contributed by atoms with E-state index in [0.29, 0.717) is 6.54 Å². The van der Waals surface area contributed by atoms with Crippen LogP contribution in [0.4, 0.5) is 0 Å². The lowest BCUT2D eigenvalue weighted by Crippen LogP contribution is -2.56. The van der Waals surface area contributed by atoms with Crippen molar-refractivity contribution in [2.45, 2.75) is 45.6 Å². The first-order valence-corrected chi connectivity index (χ1v) is 5.46. The van der Waals surface area contributed by atoms with E-state index in [1.165, 1.54) is 11.8 Å². The van der Waals surface area contributed by atoms with Crippen LogP contribution in [0.3, 0.4) is 0 Å². The molecule has 1 aliphatic rings. The number of aliphatic carboxylic acids is 1. The first kappa shape index (κ1) is 12.0. The molecule has 1 saturated carbocycles. The van der Waals surface area contributed by atoms with Crippen LogP contribution in [-0.2, 0) is 9.59 Å². The zero-order valence-electron chi connectivity index (χ0n) is 9.62. The standard InChI is InChI=1S/C11H19NO3/c1-4-7-12(8(2)13)11(3,10(14)15)9-5-6-9/h9H,4-7H2,1-3H3,(H,14,15). The lowest BCUT2D eigenvalue weighted by molar-refractivity contribution is -0.159. The third-order valence-corrected chi connectivity index (χ3v) is 3.19. The average Bonchev–Trinajstić information content (AvgIpc) is 2.95. The van der Waals surface area contributed by atoms with Crippen molar-refractivity contribution in [1.29, 1.82) is 0 Å². The Morgan fingerprint density at radius 3 is 2.27 bits per heavy atom. The molecule has 1 fully saturated rings. The van der Waals surface area contributed by atoms with E-state index in [2.05, 4.69) is 0 Å². The summed E-state index contributed by atoms with van der Waals surface area (Å²) in [6, 6.07) is 0. The van der Waals surface area contributed by atoms with Crippen molar-refractivity contribution in [1.82, 2.24) is 4.90 Å². The van der Waals surface area contributed by atoms with Gasteiger partial charge in [-0.25, -0.2) is 4.79 Å². The Bertz CT molecular complexity index is 273. The van der Waals surface area contributed by atoms with E-state index in [1.54, 1.807) is 6.92 Å². The maximum absolute atomic E-state index is 11.5. The molecule has 1 unspecified atom stereocenters. The first-order valence-electron chi connectivity index (χ1n) is 5.46. The fraction of sp³-hybridized carbons (Fsp3) is 0.818. The van der Waals surface area contributed by atoms with Gasteiger partial charge in [0.2, 0.25) is 5.91 Å². The molecule has 0 radical (unpaired) electrons. The molecule has 86 valence electrons. The second-order valence-electron chi connectivity index (χ2n) is 4.40. The van der Waals surface area contributed by atoms with E-state index in [-0.39, 0.29) is 11.8 Å². The number of hydrogen-bond acceptors (Lipinski definition) is 2. The monoisotopic (exact) mass is 213 g/mol. The van der Waals surface area contributed by atoms with Gasteiger partial charge in [0.1, 0.15) is 5.54 Å². The van der Waals surface area contributed by atoms with Crippen molar-refractivity contribution < 1.29 is 14.7 Å². The molecule has 0 aliphatic heterocycles. The van der Waals surface area contributed by atoms with Crippen molar-refractivity contribution in [2.75, 3.05) is 6.54 Å². The van der Waals surface area contributed by atoms with Gasteiger partial charge in [0, 0.05) is 13.5 Å². The second kappa shape index (κ2) is 4.21. The fourth-order valence-electron chi connectivity index (χ4n) is 2.10. The van der Waals surface area contributed by atoms with Crippen molar-refractivity contribution in [2.24, 2.45) is 5.92 Å². The number of hydrogen-bond donors (Lipinski definition) is 1. The Kier molecular flexibility index (Phi) is 3.37. The van der Waals surface area contributed by atoms with Crippen LogP contribution in [0.15, 0.2) is 0 Å². The Morgan fingerprint density at radius 1 is 1.47 bits per heavy atom. The number of carboxylic acid groups (broad SMARTS) is 1. The molecule has 0 heterocycles. The molecule has 15 heavy (non-hydrogen) atoms. The van der Waals surface area contributed by atoms with E-state index >= 15 is 0 Å². The molecule has 4 heteroatoms. The molecule has 1 N–H and O–H groups in total. The molecular weight excluding hydrogens is 194 g/mol. The normalized spacial score (nSPS) is 19.4. The van der Waals surface area contributed by atoms with E-state index < -0.39 is 11.5 Å². The quantitative estimate of drug-likeness (QED) is 0.753. The molecule has 1 aliphatic carbocycles. The van der Waals surface area contributed by atoms with Crippen LogP contribution >= 0.6 is 0 Å². The molecule has 0 saturated heterocycles. The van der Waals surface area contributed by atoms with Crippen LogP contribution in [0.5, 0.6) is 0 Å². The van der Waals surface area contributed by atoms with Crippen LogP contribution in [0, 0.1) is 5.92 Å². The Balaban J connectivity index is 2.93. The van der Waals surface area contributed by atoms with Crippen molar-refractivity contribution in [3.05, 3.63) is 0 Å². The molecule has 0 bridgehead atoms. The lowest BCUT2D eigenvalue weighted by Gasteiger charge is -2.37. The van der Waals surface area contributed by atoms with Crippen LogP contribution in [-0.4, -0.2) is 34.0 Å². The highest BCUT2D eigenvalue weighted by Crippen LogP contribution is 2.43. The summed E-state index contributed by atoms with van der Waals surface area (Å²) in [5, 5.41) is 9.29. The zero-order chi connectivity index (χ0) is 11.6. The van der Waals surface area contributed by atoms with Gasteiger partial charge in [0.15, 0.2) is 0 Å². The number of rotatable bonds is 5. The maximum Gasteiger partial charge on any atom is 0.329 e. The van der Waals surface area contributed by atoms with Gasteiger partial charge in [-0.05, 0) is 32.1 Å². The predicted octanol–water partition coefficient (Wildman–Crippen LogP) is 1.50. The summed E-state index contributed by atoms with van der Waals surface area (Å²) in [6.07, 6.45) is 2.61. The minimum atomic E-state index is -0.998. The topological polar surface area (TPSA) is 57.6 Å². The SMILES string of the molecule is CCCN(C(C)=O)C(C)(C(=O)O)C1CC1. The second-order valence-corrected chi connectivity index (χ2v) is 4.40. The number of carbonyl (C=O) groups excluding carboxylic acids is 1. The van der Waals surface area contributed by atoms with Crippen molar-refractivity contribution >= 4 is 11.9 Å². The van der Waals surface area contributed by atoms with Crippen molar-refractivity contribution in [3.8, 4) is 0 Å². The third-order valence-electron chi connectivity index (χ3n) is 3.19. The summed E-state index contributed by atoms with van der Waals surface area (Å²) in [4.78, 5) is 24.3. The summed E-state index contributed by atoms with van der Waals surface area (Å²) in [5.74, 6) is -0.896. The lowest BCUT2D eigenvalue weighted by atomic mass is 9.93. The Labute approximate surface area is 90.3 Å². The molecule has 0 spiro atoms. The van der Waals surface area contributed by atoms with E-state index in [1.807, 2.05) is 6.92 Å². The summed E-state index contributed by atoms with van der Waals surface area (Å²) in [7, 11) is 0. The molecule has 4 nitrogen and oxygen atoms in total. The van der Waals surface area contributed by atoms with Gasteiger partial charge in [-0.1, -0.05) is 6.92 Å². The largest absolute Gasteiger partial charge is 0.479 e. The van der Waals surface area contributed by atoms with Crippen LogP contribution in [0.2, 0.25) is 0 Å². The minimum Gasteiger partial charge on any atom is -0.479 e. The molecule has 0 aromatic heterocycles. The summed E-state index contributed by atoms with van der Waals surface area (Å²) in [6.45, 7) is 5.59. The first-order chi connectivity index (χ1) is 6.94. The Morgan fingerprint density at radius 2 is 2.00 bits per heavy atom. The highest BCUT2D eigenvalue weighted by molar-refractivity contribution is 5.86. The van der Waals surface area contributed by atoms with Gasteiger partial charge in [0.05, 0.1) is 0 Å². The molecule has 0 aromatic carbocycles. The van der Waals surface area contributed by atoms with Crippen LogP contribution in [0.25, 0.3) is 0 Å². The van der Waals surface area contributed by atoms with Gasteiger partial charge < -0.3 is 10.0 Å². The molecule has 0 aromatic rings. The molecular formula is C11H19NO3. The molecule has 1 atom stereocenters. The number of carboxylic acids is 1. The van der Waals surface area contributed by atoms with Gasteiger partial charge in [0.25, 0.3) is 0 Å². The van der Waals surface area contributed by atoms with Gasteiger partial charge >= 0.3 is 5.97 Å². The minimum absolute atomic E-state index is 0.130. The van der Waals surface area contributed by atoms with Gasteiger partial charge in [-0.2, -0.15) is 0 Å². The van der Waals surface area contributed by atoms with Gasteiger partial charge in [-0.15, -0.1) is 0 Å². The van der Waals surface area contributed by atoms with E-state index in [9.17, 15) is 14.7 Å². The fourth-order valence-corrected chi connectivity index (χ4v) is 2.10. The third kappa shape index (κ3) is 2.13. The van der Waals surface area contributed by atoms with Crippen molar-refractivity contribution in [3.63, 3.8) is 0 Å². The number of nitrogens with zero attached hydrogens (tertiary/aromatic N) is 1.